The maximum atomic E-state index is 13.0. The molecule has 2 amide bonds. The third-order valence-corrected chi connectivity index (χ3v) is 5.81. The lowest BCUT2D eigenvalue weighted by molar-refractivity contribution is -0.138. The zero-order valence-electron chi connectivity index (χ0n) is 15.2. The van der Waals surface area contributed by atoms with Crippen LogP contribution in [0.2, 0.25) is 5.02 Å². The summed E-state index contributed by atoms with van der Waals surface area (Å²) < 4.78 is 4.96. The Bertz CT molecular complexity index is 713. The fraction of sp³-hybridized carbons (Fsp3) is 0.526. The molecule has 3 unspecified atom stereocenters. The highest BCUT2D eigenvalue weighted by Crippen LogP contribution is 2.33. The van der Waals surface area contributed by atoms with E-state index in [9.17, 15) is 9.59 Å². The SMILES string of the molecule is COCCNC(=O)C1CCC2C(=O)N(Cc3ccc(Cl)cc3)C(=S)NC2C1. The van der Waals surface area contributed by atoms with Gasteiger partial charge in [0.25, 0.3) is 0 Å². The van der Waals surface area contributed by atoms with Crippen LogP contribution >= 0.6 is 23.8 Å². The Kier molecular flexibility index (Phi) is 6.68. The quantitative estimate of drug-likeness (QED) is 0.556. The first-order valence-corrected chi connectivity index (χ1v) is 9.91. The van der Waals surface area contributed by atoms with Gasteiger partial charge in [0.05, 0.1) is 19.1 Å². The molecule has 8 heteroatoms. The number of nitrogens with one attached hydrogen (secondary N) is 2. The maximum Gasteiger partial charge on any atom is 0.234 e. The lowest BCUT2D eigenvalue weighted by Gasteiger charge is -2.43. The molecule has 27 heavy (non-hydrogen) atoms. The maximum absolute atomic E-state index is 13.0. The fourth-order valence-corrected chi connectivity index (χ4v) is 4.18. The summed E-state index contributed by atoms with van der Waals surface area (Å²) in [7, 11) is 1.60. The molecule has 3 rings (SSSR count). The number of carbonyl (C=O) groups is 2. The number of rotatable bonds is 6. The molecule has 0 spiro atoms. The molecule has 0 radical (unpaired) electrons. The molecule has 0 bridgehead atoms. The van der Waals surface area contributed by atoms with Gasteiger partial charge < -0.3 is 15.4 Å². The highest BCUT2D eigenvalue weighted by Gasteiger charge is 2.43. The molecule has 1 aromatic carbocycles. The Labute approximate surface area is 169 Å². The average Bonchev–Trinajstić information content (AvgIpc) is 2.66. The van der Waals surface area contributed by atoms with Gasteiger partial charge in [-0.3, -0.25) is 14.5 Å². The molecule has 0 aromatic heterocycles. The van der Waals surface area contributed by atoms with Gasteiger partial charge >= 0.3 is 0 Å². The van der Waals surface area contributed by atoms with Crippen LogP contribution in [0.15, 0.2) is 24.3 Å². The lowest BCUT2D eigenvalue weighted by Crippen LogP contribution is -2.61. The van der Waals surface area contributed by atoms with Crippen molar-refractivity contribution in [2.75, 3.05) is 20.3 Å². The summed E-state index contributed by atoms with van der Waals surface area (Å²) >= 11 is 11.4. The molecule has 2 fully saturated rings. The number of methoxy groups -OCH3 is 1. The van der Waals surface area contributed by atoms with E-state index in [-0.39, 0.29) is 29.7 Å². The molecule has 1 aromatic rings. The van der Waals surface area contributed by atoms with Crippen LogP contribution in [0, 0.1) is 11.8 Å². The summed E-state index contributed by atoms with van der Waals surface area (Å²) in [6.07, 6.45) is 2.00. The topological polar surface area (TPSA) is 70.7 Å². The number of fused-ring (bicyclic) bond motifs is 1. The predicted octanol–water partition coefficient (Wildman–Crippen LogP) is 2.10. The summed E-state index contributed by atoms with van der Waals surface area (Å²) in [6.45, 7) is 1.41. The number of halogens is 1. The van der Waals surface area contributed by atoms with E-state index in [2.05, 4.69) is 10.6 Å². The van der Waals surface area contributed by atoms with Crippen LogP contribution in [0.3, 0.4) is 0 Å². The smallest absolute Gasteiger partial charge is 0.234 e. The zero-order valence-corrected chi connectivity index (χ0v) is 16.8. The molecule has 146 valence electrons. The number of amides is 2. The first kappa shape index (κ1) is 20.0. The number of carbonyl (C=O) groups excluding carboxylic acids is 2. The van der Waals surface area contributed by atoms with Crippen molar-refractivity contribution in [3.63, 3.8) is 0 Å². The van der Waals surface area contributed by atoms with Gasteiger partial charge in [0.15, 0.2) is 5.11 Å². The summed E-state index contributed by atoms with van der Waals surface area (Å²) in [5, 5.41) is 7.26. The molecule has 1 saturated carbocycles. The van der Waals surface area contributed by atoms with Crippen molar-refractivity contribution >= 4 is 40.7 Å². The Morgan fingerprint density at radius 2 is 2.11 bits per heavy atom. The zero-order chi connectivity index (χ0) is 19.4. The van der Waals surface area contributed by atoms with Crippen molar-refractivity contribution in [3.8, 4) is 0 Å². The van der Waals surface area contributed by atoms with Crippen molar-refractivity contribution in [1.82, 2.24) is 15.5 Å². The van der Waals surface area contributed by atoms with Crippen LogP contribution < -0.4 is 10.6 Å². The van der Waals surface area contributed by atoms with E-state index in [1.54, 1.807) is 24.1 Å². The first-order valence-electron chi connectivity index (χ1n) is 9.12. The molecule has 1 aliphatic heterocycles. The number of hydrogen-bond acceptors (Lipinski definition) is 4. The van der Waals surface area contributed by atoms with Crippen LogP contribution in [-0.2, 0) is 20.9 Å². The second-order valence-corrected chi connectivity index (χ2v) is 7.83. The molecule has 2 N–H and O–H groups in total. The molecule has 1 heterocycles. The van der Waals surface area contributed by atoms with Crippen LogP contribution in [0.5, 0.6) is 0 Å². The van der Waals surface area contributed by atoms with Gasteiger partial charge in [-0.1, -0.05) is 23.7 Å². The van der Waals surface area contributed by atoms with Crippen LogP contribution in [0.25, 0.3) is 0 Å². The van der Waals surface area contributed by atoms with Crippen molar-refractivity contribution in [2.24, 2.45) is 11.8 Å². The van der Waals surface area contributed by atoms with E-state index in [1.807, 2.05) is 12.1 Å². The number of thiocarbonyl (C=S) groups is 1. The summed E-state index contributed by atoms with van der Waals surface area (Å²) in [6, 6.07) is 7.31. The van der Waals surface area contributed by atoms with Gasteiger partial charge in [0.1, 0.15) is 0 Å². The van der Waals surface area contributed by atoms with E-state index in [4.69, 9.17) is 28.6 Å². The largest absolute Gasteiger partial charge is 0.383 e. The third-order valence-electron chi connectivity index (χ3n) is 5.22. The Morgan fingerprint density at radius 1 is 1.37 bits per heavy atom. The second-order valence-electron chi connectivity index (χ2n) is 7.01. The third kappa shape index (κ3) is 4.78. The van der Waals surface area contributed by atoms with E-state index in [0.717, 1.165) is 5.56 Å². The first-order chi connectivity index (χ1) is 13.0. The lowest BCUT2D eigenvalue weighted by atomic mass is 9.76. The van der Waals surface area contributed by atoms with E-state index >= 15 is 0 Å². The number of benzene rings is 1. The summed E-state index contributed by atoms with van der Waals surface area (Å²) in [4.78, 5) is 26.9. The minimum Gasteiger partial charge on any atom is -0.383 e. The van der Waals surface area contributed by atoms with Crippen molar-refractivity contribution in [3.05, 3.63) is 34.9 Å². The standard InChI is InChI=1S/C19H24ClN3O3S/c1-26-9-8-21-17(24)13-4-7-15-16(10-13)22-19(27)23(18(15)25)11-12-2-5-14(20)6-3-12/h2-3,5-6,13,15-16H,4,7-11H2,1H3,(H,21,24)(H,22,27). The molecule has 2 aliphatic rings. The molecule has 6 nitrogen and oxygen atoms in total. The normalized spacial score (nSPS) is 25.0. The van der Waals surface area contributed by atoms with E-state index in [0.29, 0.717) is 49.1 Å². The van der Waals surface area contributed by atoms with Gasteiger partial charge in [0.2, 0.25) is 11.8 Å². The van der Waals surface area contributed by atoms with Gasteiger partial charge in [-0.05, 0) is 49.2 Å². The van der Waals surface area contributed by atoms with Crippen LogP contribution in [0.4, 0.5) is 0 Å². The van der Waals surface area contributed by atoms with Crippen molar-refractivity contribution in [1.29, 1.82) is 0 Å². The summed E-state index contributed by atoms with van der Waals surface area (Å²) in [5.41, 5.74) is 0.974. The predicted molar refractivity (Wildman–Crippen MR) is 107 cm³/mol. The number of nitrogens with zero attached hydrogens (tertiary/aromatic N) is 1. The van der Waals surface area contributed by atoms with Crippen LogP contribution in [0.1, 0.15) is 24.8 Å². The fourth-order valence-electron chi connectivity index (χ4n) is 3.74. The number of hydrogen-bond donors (Lipinski definition) is 2. The van der Waals surface area contributed by atoms with E-state index < -0.39 is 0 Å². The molecular formula is C19H24ClN3O3S. The molecule has 3 atom stereocenters. The molecule has 1 saturated heterocycles. The Hall–Kier alpha value is -1.70. The van der Waals surface area contributed by atoms with Gasteiger partial charge in [-0.2, -0.15) is 0 Å². The van der Waals surface area contributed by atoms with E-state index in [1.165, 1.54) is 0 Å². The van der Waals surface area contributed by atoms with Gasteiger partial charge in [0, 0.05) is 30.6 Å². The van der Waals surface area contributed by atoms with Crippen LogP contribution in [-0.4, -0.2) is 48.1 Å². The van der Waals surface area contributed by atoms with Crippen molar-refractivity contribution in [2.45, 2.75) is 31.8 Å². The monoisotopic (exact) mass is 409 g/mol. The minimum absolute atomic E-state index is 0.0225. The Balaban J connectivity index is 1.61. The average molecular weight is 410 g/mol. The number of ether oxygens (including phenoxy) is 1. The van der Waals surface area contributed by atoms with Gasteiger partial charge in [-0.25, -0.2) is 0 Å². The second kappa shape index (κ2) is 8.99. The Morgan fingerprint density at radius 3 is 2.81 bits per heavy atom. The highest BCUT2D eigenvalue weighted by molar-refractivity contribution is 7.80. The van der Waals surface area contributed by atoms with Crippen molar-refractivity contribution < 1.29 is 14.3 Å². The summed E-state index contributed by atoms with van der Waals surface area (Å²) in [5.74, 6) is -0.188. The molecular weight excluding hydrogens is 386 g/mol. The molecule has 1 aliphatic carbocycles. The minimum atomic E-state index is -0.146. The van der Waals surface area contributed by atoms with Gasteiger partial charge in [-0.15, -0.1) is 0 Å². The highest BCUT2D eigenvalue weighted by atomic mass is 35.5.